The summed E-state index contributed by atoms with van der Waals surface area (Å²) in [5, 5.41) is 11.5. The highest BCUT2D eigenvalue weighted by atomic mass is 32.2. The molecule has 1 aromatic carbocycles. The molecule has 0 saturated heterocycles. The molecule has 0 radical (unpaired) electrons. The molecule has 5 aromatic rings. The second-order valence-electron chi connectivity index (χ2n) is 7.33. The average molecular weight is 437 g/mol. The fourth-order valence-corrected chi connectivity index (χ4v) is 5.38. The number of aromatic nitrogens is 6. The zero-order valence-corrected chi connectivity index (χ0v) is 18.4. The summed E-state index contributed by atoms with van der Waals surface area (Å²) in [5.74, 6) is 2.34. The first-order valence-corrected chi connectivity index (χ1v) is 11.5. The zero-order valence-electron chi connectivity index (χ0n) is 16.8. The van der Waals surface area contributed by atoms with E-state index in [1.165, 1.54) is 16.9 Å². The fourth-order valence-electron chi connectivity index (χ4n) is 3.65. The third-order valence-corrected chi connectivity index (χ3v) is 7.01. The van der Waals surface area contributed by atoms with E-state index in [1.807, 2.05) is 28.2 Å². The number of fused-ring (bicyclic) bond motifs is 3. The Labute approximate surface area is 181 Å². The molecule has 0 saturated carbocycles. The van der Waals surface area contributed by atoms with Crippen molar-refractivity contribution < 1.29 is 0 Å². The highest BCUT2D eigenvalue weighted by molar-refractivity contribution is 7.98. The number of nitrogens with zero attached hydrogens (tertiary/aromatic N) is 6. The SMILES string of the molecule is CC(C)c1ccccc1-n1ccnc1SCc1nnc2n(C)c(=O)c3sccc3n12. The van der Waals surface area contributed by atoms with Crippen LogP contribution in [0.4, 0.5) is 0 Å². The molecule has 0 unspecified atom stereocenters. The van der Waals surface area contributed by atoms with Gasteiger partial charge in [0, 0.05) is 19.4 Å². The molecule has 5 rings (SSSR count). The number of benzene rings is 1. The van der Waals surface area contributed by atoms with Gasteiger partial charge in [0.15, 0.2) is 5.16 Å². The molecular weight excluding hydrogens is 416 g/mol. The fraction of sp³-hybridized carbons (Fsp3) is 0.238. The smallest absolute Gasteiger partial charge is 0.272 e. The largest absolute Gasteiger partial charge is 0.295 e. The van der Waals surface area contributed by atoms with E-state index in [4.69, 9.17) is 0 Å². The minimum Gasteiger partial charge on any atom is -0.295 e. The van der Waals surface area contributed by atoms with Crippen LogP contribution in [0.25, 0.3) is 21.7 Å². The van der Waals surface area contributed by atoms with Gasteiger partial charge in [-0.05, 0) is 29.0 Å². The van der Waals surface area contributed by atoms with Gasteiger partial charge in [-0.15, -0.1) is 21.5 Å². The molecule has 4 aromatic heterocycles. The second kappa shape index (κ2) is 7.41. The molecule has 30 heavy (non-hydrogen) atoms. The van der Waals surface area contributed by atoms with Crippen molar-refractivity contribution in [1.29, 1.82) is 0 Å². The molecule has 0 spiro atoms. The van der Waals surface area contributed by atoms with E-state index in [2.05, 4.69) is 57.9 Å². The number of imidazole rings is 1. The van der Waals surface area contributed by atoms with Crippen molar-refractivity contribution in [2.24, 2.45) is 7.05 Å². The third-order valence-electron chi connectivity index (χ3n) is 5.15. The lowest BCUT2D eigenvalue weighted by atomic mass is 10.0. The van der Waals surface area contributed by atoms with Gasteiger partial charge >= 0.3 is 0 Å². The van der Waals surface area contributed by atoms with Gasteiger partial charge in [0.25, 0.3) is 5.56 Å². The van der Waals surface area contributed by atoms with Crippen LogP contribution in [-0.4, -0.2) is 28.7 Å². The van der Waals surface area contributed by atoms with Gasteiger partial charge < -0.3 is 0 Å². The summed E-state index contributed by atoms with van der Waals surface area (Å²) in [7, 11) is 1.73. The molecule has 0 bridgehead atoms. The Hall–Kier alpha value is -2.91. The summed E-state index contributed by atoms with van der Waals surface area (Å²) < 4.78 is 6.36. The van der Waals surface area contributed by atoms with Crippen LogP contribution in [0.1, 0.15) is 31.2 Å². The number of thioether (sulfide) groups is 1. The summed E-state index contributed by atoms with van der Waals surface area (Å²) >= 11 is 3.05. The number of hydrogen-bond donors (Lipinski definition) is 0. The lowest BCUT2D eigenvalue weighted by Gasteiger charge is -2.15. The molecule has 0 atom stereocenters. The number of para-hydroxylation sites is 1. The summed E-state index contributed by atoms with van der Waals surface area (Å²) in [6.45, 7) is 4.39. The Balaban J connectivity index is 1.53. The van der Waals surface area contributed by atoms with Crippen molar-refractivity contribution >= 4 is 39.1 Å². The summed E-state index contributed by atoms with van der Waals surface area (Å²) in [4.78, 5) is 17.1. The minimum absolute atomic E-state index is 0.0417. The number of hydrogen-bond acceptors (Lipinski definition) is 6. The first kappa shape index (κ1) is 19.1. The molecule has 0 amide bonds. The van der Waals surface area contributed by atoms with E-state index in [1.54, 1.807) is 23.4 Å². The predicted molar refractivity (Wildman–Crippen MR) is 121 cm³/mol. The zero-order chi connectivity index (χ0) is 20.8. The Bertz CT molecular complexity index is 1420. The van der Waals surface area contributed by atoms with Crippen LogP contribution in [0.2, 0.25) is 0 Å². The maximum atomic E-state index is 12.5. The predicted octanol–water partition coefficient (Wildman–Crippen LogP) is 4.24. The molecule has 0 fully saturated rings. The van der Waals surface area contributed by atoms with E-state index in [0.717, 1.165) is 22.2 Å². The molecule has 0 N–H and O–H groups in total. The molecule has 4 heterocycles. The Morgan fingerprint density at radius 3 is 2.83 bits per heavy atom. The van der Waals surface area contributed by atoms with Crippen molar-refractivity contribution in [3.63, 3.8) is 0 Å². The molecule has 9 heteroatoms. The van der Waals surface area contributed by atoms with Crippen molar-refractivity contribution in [1.82, 2.24) is 28.7 Å². The highest BCUT2D eigenvalue weighted by Gasteiger charge is 2.17. The summed E-state index contributed by atoms with van der Waals surface area (Å²) in [5.41, 5.74) is 3.23. The maximum absolute atomic E-state index is 12.5. The number of thiophene rings is 1. The molecule has 0 aliphatic heterocycles. The van der Waals surface area contributed by atoms with Crippen LogP contribution in [0.5, 0.6) is 0 Å². The Kier molecular flexibility index (Phi) is 4.71. The molecule has 0 aliphatic carbocycles. The number of rotatable bonds is 5. The van der Waals surface area contributed by atoms with E-state index in [9.17, 15) is 4.79 Å². The second-order valence-corrected chi connectivity index (χ2v) is 9.19. The van der Waals surface area contributed by atoms with Crippen LogP contribution < -0.4 is 5.56 Å². The maximum Gasteiger partial charge on any atom is 0.272 e. The van der Waals surface area contributed by atoms with Gasteiger partial charge in [-0.1, -0.05) is 43.8 Å². The van der Waals surface area contributed by atoms with Gasteiger partial charge in [0.2, 0.25) is 5.78 Å². The molecule has 7 nitrogen and oxygen atoms in total. The highest BCUT2D eigenvalue weighted by Crippen LogP contribution is 2.29. The Morgan fingerprint density at radius 1 is 1.17 bits per heavy atom. The molecule has 0 aliphatic rings. The van der Waals surface area contributed by atoms with E-state index >= 15 is 0 Å². The van der Waals surface area contributed by atoms with Crippen molar-refractivity contribution in [2.45, 2.75) is 30.7 Å². The van der Waals surface area contributed by atoms with Crippen LogP contribution in [-0.2, 0) is 12.8 Å². The van der Waals surface area contributed by atoms with Gasteiger partial charge in [-0.25, -0.2) is 4.98 Å². The molecular formula is C21H20N6OS2. The van der Waals surface area contributed by atoms with Crippen molar-refractivity contribution in [2.75, 3.05) is 0 Å². The van der Waals surface area contributed by atoms with Crippen LogP contribution in [0, 0.1) is 0 Å². The first-order valence-electron chi connectivity index (χ1n) is 9.62. The van der Waals surface area contributed by atoms with E-state index < -0.39 is 0 Å². The summed E-state index contributed by atoms with van der Waals surface area (Å²) in [6.07, 6.45) is 3.81. The third kappa shape index (κ3) is 2.96. The lowest BCUT2D eigenvalue weighted by molar-refractivity contribution is 0.817. The van der Waals surface area contributed by atoms with E-state index in [-0.39, 0.29) is 5.56 Å². The van der Waals surface area contributed by atoms with Gasteiger partial charge in [-0.3, -0.25) is 18.3 Å². The lowest BCUT2D eigenvalue weighted by Crippen LogP contribution is -2.19. The van der Waals surface area contributed by atoms with Gasteiger partial charge in [0.1, 0.15) is 10.5 Å². The number of aryl methyl sites for hydroxylation is 1. The minimum atomic E-state index is -0.0417. The van der Waals surface area contributed by atoms with Crippen molar-refractivity contribution in [3.8, 4) is 5.69 Å². The first-order chi connectivity index (χ1) is 14.6. The normalized spacial score (nSPS) is 11.9. The van der Waals surface area contributed by atoms with Crippen LogP contribution in [0.15, 0.2) is 58.1 Å². The quantitative estimate of drug-likeness (QED) is 0.385. The van der Waals surface area contributed by atoms with Gasteiger partial charge in [0.05, 0.1) is 17.0 Å². The monoisotopic (exact) mass is 436 g/mol. The summed E-state index contributed by atoms with van der Waals surface area (Å²) in [6, 6.07) is 10.4. The topological polar surface area (TPSA) is 70.0 Å². The molecule has 152 valence electrons. The van der Waals surface area contributed by atoms with Crippen LogP contribution in [0.3, 0.4) is 0 Å². The Morgan fingerprint density at radius 2 is 2.00 bits per heavy atom. The standard InChI is InChI=1S/C21H20N6OS2/c1-13(2)14-6-4-5-7-15(14)26-10-9-22-21(26)30-12-17-23-24-20-25(3)19(28)18-16(27(17)20)8-11-29-18/h4-11,13H,12H2,1-3H3. The van der Waals surface area contributed by atoms with Gasteiger partial charge in [-0.2, -0.15) is 0 Å². The van der Waals surface area contributed by atoms with Crippen LogP contribution >= 0.6 is 23.1 Å². The van der Waals surface area contributed by atoms with Crippen molar-refractivity contribution in [3.05, 3.63) is 69.8 Å². The average Bonchev–Trinajstić information content (AvgIpc) is 3.49. The van der Waals surface area contributed by atoms with E-state index in [0.29, 0.717) is 22.1 Å².